The van der Waals surface area contributed by atoms with E-state index in [9.17, 15) is 4.39 Å². The smallest absolute Gasteiger partial charge is 0.126 e. The predicted octanol–water partition coefficient (Wildman–Crippen LogP) is 2.32. The normalized spacial score (nSPS) is 32.8. The lowest BCUT2D eigenvalue weighted by Gasteiger charge is -2.07. The van der Waals surface area contributed by atoms with Crippen LogP contribution in [0.25, 0.3) is 0 Å². The van der Waals surface area contributed by atoms with Gasteiger partial charge in [-0.1, -0.05) is 19.1 Å². The molecule has 3 atom stereocenters. The number of piperidine rings is 1. The van der Waals surface area contributed by atoms with Gasteiger partial charge in [0.1, 0.15) is 5.82 Å². The zero-order valence-electron chi connectivity index (χ0n) is 8.96. The maximum atomic E-state index is 13.3. The zero-order valence-corrected chi connectivity index (χ0v) is 8.96. The van der Waals surface area contributed by atoms with Crippen molar-refractivity contribution in [2.75, 3.05) is 13.1 Å². The maximum absolute atomic E-state index is 13.3. The van der Waals surface area contributed by atoms with Crippen LogP contribution in [0.15, 0.2) is 18.2 Å². The number of nitrogens with one attached hydrogen (secondary N) is 1. The maximum Gasteiger partial charge on any atom is 0.126 e. The molecule has 1 nitrogen and oxygen atoms in total. The summed E-state index contributed by atoms with van der Waals surface area (Å²) in [4.78, 5) is 0. The van der Waals surface area contributed by atoms with Crippen molar-refractivity contribution >= 4 is 0 Å². The number of hydrogen-bond acceptors (Lipinski definition) is 1. The fraction of sp³-hybridized carbons (Fsp3) is 0.538. The lowest BCUT2D eigenvalue weighted by Crippen LogP contribution is -2.14. The standard InChI is InChI=1S/C13H16FN/c1-2-8-5-9(3-4-12(8)14)13-10-6-15-7-11(10)13/h3-5,10-11,13,15H,2,6-7H2,1H3/t10-,11+,13?. The SMILES string of the molecule is CCc1cc(C2[C@H]3CNC[C@@H]23)ccc1F. The second kappa shape index (κ2) is 3.31. The van der Waals surface area contributed by atoms with E-state index in [1.54, 1.807) is 6.07 Å². The van der Waals surface area contributed by atoms with E-state index in [2.05, 4.69) is 11.4 Å². The third kappa shape index (κ3) is 1.39. The zero-order chi connectivity index (χ0) is 10.4. The molecule has 1 aromatic carbocycles. The molecule has 1 saturated heterocycles. The van der Waals surface area contributed by atoms with Crippen LogP contribution in [0.4, 0.5) is 4.39 Å². The second-order valence-electron chi connectivity index (χ2n) is 4.72. The molecule has 1 aliphatic carbocycles. The first-order chi connectivity index (χ1) is 7.31. The lowest BCUT2D eigenvalue weighted by atomic mass is 10.0. The molecule has 0 amide bonds. The van der Waals surface area contributed by atoms with Crippen LogP contribution >= 0.6 is 0 Å². The van der Waals surface area contributed by atoms with Crippen LogP contribution in [0.5, 0.6) is 0 Å². The summed E-state index contributed by atoms with van der Waals surface area (Å²) in [5.41, 5.74) is 2.22. The van der Waals surface area contributed by atoms with Gasteiger partial charge in [-0.2, -0.15) is 0 Å². The topological polar surface area (TPSA) is 12.0 Å². The molecule has 1 saturated carbocycles. The molecule has 1 aromatic rings. The Bertz CT molecular complexity index is 378. The van der Waals surface area contributed by atoms with Crippen LogP contribution in [0.3, 0.4) is 0 Å². The number of halogens is 1. The Balaban J connectivity index is 1.87. The van der Waals surface area contributed by atoms with Crippen molar-refractivity contribution in [2.45, 2.75) is 19.3 Å². The largest absolute Gasteiger partial charge is 0.316 e. The van der Waals surface area contributed by atoms with Crippen molar-refractivity contribution in [1.29, 1.82) is 0 Å². The van der Waals surface area contributed by atoms with E-state index in [1.165, 1.54) is 5.56 Å². The average Bonchev–Trinajstić information content (AvgIpc) is 2.73. The third-order valence-corrected chi connectivity index (χ3v) is 3.93. The number of fused-ring (bicyclic) bond motifs is 1. The molecule has 1 heterocycles. The summed E-state index contributed by atoms with van der Waals surface area (Å²) in [5.74, 6) is 2.29. The molecule has 2 heteroatoms. The quantitative estimate of drug-likeness (QED) is 0.781. The molecule has 0 radical (unpaired) electrons. The van der Waals surface area contributed by atoms with Gasteiger partial charge in [-0.15, -0.1) is 0 Å². The molecule has 2 fully saturated rings. The fourth-order valence-corrected chi connectivity index (χ4v) is 2.99. The molecular weight excluding hydrogens is 189 g/mol. The van der Waals surface area contributed by atoms with Gasteiger partial charge in [0.05, 0.1) is 0 Å². The minimum atomic E-state index is -0.0508. The van der Waals surface area contributed by atoms with E-state index in [1.807, 2.05) is 13.0 Å². The van der Waals surface area contributed by atoms with Crippen molar-refractivity contribution in [2.24, 2.45) is 11.8 Å². The van der Waals surface area contributed by atoms with Crippen LogP contribution in [0.2, 0.25) is 0 Å². The highest BCUT2D eigenvalue weighted by Gasteiger charge is 2.53. The number of aryl methyl sites for hydroxylation is 1. The molecule has 3 rings (SSSR count). The summed E-state index contributed by atoms with van der Waals surface area (Å²) in [6.07, 6.45) is 0.792. The van der Waals surface area contributed by atoms with Gasteiger partial charge in [0.25, 0.3) is 0 Å². The van der Waals surface area contributed by atoms with Gasteiger partial charge in [0.2, 0.25) is 0 Å². The highest BCUT2D eigenvalue weighted by Crippen LogP contribution is 2.55. The van der Waals surface area contributed by atoms with Gasteiger partial charge in [-0.25, -0.2) is 4.39 Å². The van der Waals surface area contributed by atoms with E-state index >= 15 is 0 Å². The summed E-state index contributed by atoms with van der Waals surface area (Å²) < 4.78 is 13.3. The summed E-state index contributed by atoms with van der Waals surface area (Å²) in [6, 6.07) is 5.67. The molecule has 1 N–H and O–H groups in total. The van der Waals surface area contributed by atoms with Crippen molar-refractivity contribution in [1.82, 2.24) is 5.32 Å². The third-order valence-electron chi connectivity index (χ3n) is 3.93. The first-order valence-corrected chi connectivity index (χ1v) is 5.80. The second-order valence-corrected chi connectivity index (χ2v) is 4.72. The Kier molecular flexibility index (Phi) is 2.06. The van der Waals surface area contributed by atoms with E-state index in [-0.39, 0.29) is 5.82 Å². The van der Waals surface area contributed by atoms with Gasteiger partial charge in [0.15, 0.2) is 0 Å². The van der Waals surface area contributed by atoms with Gasteiger partial charge < -0.3 is 5.32 Å². The Morgan fingerprint density at radius 3 is 2.73 bits per heavy atom. The molecule has 2 aliphatic rings. The molecule has 0 bridgehead atoms. The Labute approximate surface area is 89.7 Å². The van der Waals surface area contributed by atoms with Crippen molar-refractivity contribution in [3.05, 3.63) is 35.1 Å². The van der Waals surface area contributed by atoms with Crippen LogP contribution in [0.1, 0.15) is 24.0 Å². The summed E-state index contributed by atoms with van der Waals surface area (Å²) in [5, 5.41) is 3.39. The van der Waals surface area contributed by atoms with Crippen LogP contribution in [-0.2, 0) is 6.42 Å². The highest BCUT2D eigenvalue weighted by molar-refractivity contribution is 5.34. The van der Waals surface area contributed by atoms with Crippen molar-refractivity contribution in [3.63, 3.8) is 0 Å². The van der Waals surface area contributed by atoms with E-state index in [4.69, 9.17) is 0 Å². The first kappa shape index (κ1) is 9.34. The lowest BCUT2D eigenvalue weighted by molar-refractivity contribution is 0.609. The van der Waals surface area contributed by atoms with E-state index in [0.717, 1.165) is 36.9 Å². The minimum absolute atomic E-state index is 0.0508. The molecular formula is C13H16FN. The van der Waals surface area contributed by atoms with Gasteiger partial charge in [0, 0.05) is 0 Å². The summed E-state index contributed by atoms with van der Waals surface area (Å²) in [6.45, 7) is 4.31. The molecule has 80 valence electrons. The van der Waals surface area contributed by atoms with Crippen molar-refractivity contribution < 1.29 is 4.39 Å². The Hall–Kier alpha value is -0.890. The van der Waals surface area contributed by atoms with Gasteiger partial charge >= 0.3 is 0 Å². The molecule has 1 aliphatic heterocycles. The first-order valence-electron chi connectivity index (χ1n) is 5.80. The van der Waals surface area contributed by atoms with E-state index < -0.39 is 0 Å². The fourth-order valence-electron chi connectivity index (χ4n) is 2.99. The van der Waals surface area contributed by atoms with E-state index in [0.29, 0.717) is 5.92 Å². The molecule has 0 spiro atoms. The summed E-state index contributed by atoms with van der Waals surface area (Å²) >= 11 is 0. The van der Waals surface area contributed by atoms with Crippen LogP contribution < -0.4 is 5.32 Å². The number of hydrogen-bond donors (Lipinski definition) is 1. The minimum Gasteiger partial charge on any atom is -0.316 e. The van der Waals surface area contributed by atoms with Crippen LogP contribution in [-0.4, -0.2) is 13.1 Å². The van der Waals surface area contributed by atoms with Crippen molar-refractivity contribution in [3.8, 4) is 0 Å². The highest BCUT2D eigenvalue weighted by atomic mass is 19.1. The Morgan fingerprint density at radius 2 is 2.07 bits per heavy atom. The molecule has 1 unspecified atom stereocenters. The predicted molar refractivity (Wildman–Crippen MR) is 58.4 cm³/mol. The molecule has 0 aromatic heterocycles. The average molecular weight is 205 g/mol. The summed E-state index contributed by atoms with van der Waals surface area (Å²) in [7, 11) is 0. The van der Waals surface area contributed by atoms with Gasteiger partial charge in [-0.05, 0) is 54.5 Å². The number of rotatable bonds is 2. The van der Waals surface area contributed by atoms with Gasteiger partial charge in [-0.3, -0.25) is 0 Å². The van der Waals surface area contributed by atoms with Crippen LogP contribution in [0, 0.1) is 17.7 Å². The Morgan fingerprint density at radius 1 is 1.33 bits per heavy atom. The monoisotopic (exact) mass is 205 g/mol. The molecule has 15 heavy (non-hydrogen) atoms. The number of benzene rings is 1.